The zero-order chi connectivity index (χ0) is 17.8. The van der Waals surface area contributed by atoms with Gasteiger partial charge in [-0.15, -0.1) is 0 Å². The zero-order valence-electron chi connectivity index (χ0n) is 15.5. The number of fused-ring (bicyclic) bond motifs is 1. The van der Waals surface area contributed by atoms with Gasteiger partial charge in [-0.25, -0.2) is 0 Å². The maximum absolute atomic E-state index is 9.88. The fourth-order valence-corrected chi connectivity index (χ4v) is 4.88. The quantitative estimate of drug-likeness (QED) is 0.828. The van der Waals surface area contributed by atoms with Gasteiger partial charge in [0, 0.05) is 24.4 Å². The van der Waals surface area contributed by atoms with Crippen molar-refractivity contribution in [3.8, 4) is 5.75 Å². The molecule has 3 heteroatoms. The van der Waals surface area contributed by atoms with E-state index < -0.39 is 0 Å². The van der Waals surface area contributed by atoms with Gasteiger partial charge in [0.25, 0.3) is 0 Å². The van der Waals surface area contributed by atoms with E-state index in [1.54, 1.807) is 0 Å². The molecule has 138 valence electrons. The third kappa shape index (κ3) is 4.09. The standard InChI is InChI=1S/C23H30N2O/c26-20-9-10-21-19(14-20)8-11-23(25-16-17-5-2-1-3-6-17)22(21)13-18-7-4-12-24-15-18/h4,7,9-10,12,14-15,17,22-23,25-26H,1-3,5-6,8,11,13,16H2. The maximum Gasteiger partial charge on any atom is 0.115 e. The second-order valence-corrected chi connectivity index (χ2v) is 8.11. The molecule has 2 aliphatic carbocycles. The van der Waals surface area contributed by atoms with Gasteiger partial charge in [0.1, 0.15) is 5.75 Å². The SMILES string of the molecule is Oc1ccc2c(c1)CCC(NCC1CCCCC1)C2Cc1cccnc1. The second kappa shape index (κ2) is 8.22. The van der Waals surface area contributed by atoms with Crippen LogP contribution in [0.15, 0.2) is 42.7 Å². The Morgan fingerprint density at radius 1 is 1.08 bits per heavy atom. The van der Waals surface area contributed by atoms with E-state index in [2.05, 4.69) is 22.4 Å². The number of hydrogen-bond acceptors (Lipinski definition) is 3. The molecule has 0 aliphatic heterocycles. The Labute approximate surface area is 156 Å². The van der Waals surface area contributed by atoms with Crippen LogP contribution in [0, 0.1) is 5.92 Å². The molecule has 1 aromatic heterocycles. The Morgan fingerprint density at radius 3 is 2.77 bits per heavy atom. The van der Waals surface area contributed by atoms with Crippen molar-refractivity contribution >= 4 is 0 Å². The number of nitrogens with zero attached hydrogens (tertiary/aromatic N) is 1. The van der Waals surface area contributed by atoms with Gasteiger partial charge < -0.3 is 10.4 Å². The van der Waals surface area contributed by atoms with E-state index in [0.29, 0.717) is 17.7 Å². The molecule has 1 saturated carbocycles. The molecule has 2 aliphatic rings. The summed E-state index contributed by atoms with van der Waals surface area (Å²) in [5.41, 5.74) is 4.01. The molecule has 3 nitrogen and oxygen atoms in total. The molecular weight excluding hydrogens is 320 g/mol. The van der Waals surface area contributed by atoms with E-state index >= 15 is 0 Å². The van der Waals surface area contributed by atoms with Crippen molar-refractivity contribution in [2.24, 2.45) is 5.92 Å². The predicted octanol–water partition coefficient (Wildman–Crippen LogP) is 4.60. The van der Waals surface area contributed by atoms with Gasteiger partial charge in [0.05, 0.1) is 0 Å². The molecule has 2 N–H and O–H groups in total. The monoisotopic (exact) mass is 350 g/mol. The van der Waals surface area contributed by atoms with Crippen LogP contribution in [-0.2, 0) is 12.8 Å². The minimum atomic E-state index is 0.387. The zero-order valence-corrected chi connectivity index (χ0v) is 15.5. The lowest BCUT2D eigenvalue weighted by molar-refractivity contribution is 0.301. The van der Waals surface area contributed by atoms with Crippen molar-refractivity contribution in [1.82, 2.24) is 10.3 Å². The van der Waals surface area contributed by atoms with Crippen LogP contribution in [0.3, 0.4) is 0 Å². The minimum Gasteiger partial charge on any atom is -0.508 e. The minimum absolute atomic E-state index is 0.387. The lowest BCUT2D eigenvalue weighted by Gasteiger charge is -2.36. The molecule has 1 aromatic carbocycles. The van der Waals surface area contributed by atoms with E-state index in [1.807, 2.05) is 30.6 Å². The summed E-state index contributed by atoms with van der Waals surface area (Å²) in [6.45, 7) is 1.15. The number of phenols is 1. The summed E-state index contributed by atoms with van der Waals surface area (Å²) in [6, 6.07) is 10.7. The van der Waals surface area contributed by atoms with Crippen LogP contribution in [-0.4, -0.2) is 22.7 Å². The van der Waals surface area contributed by atoms with Crippen LogP contribution >= 0.6 is 0 Å². The summed E-state index contributed by atoms with van der Waals surface area (Å²) < 4.78 is 0. The van der Waals surface area contributed by atoms with Gasteiger partial charge >= 0.3 is 0 Å². The third-order valence-corrected chi connectivity index (χ3v) is 6.31. The molecule has 26 heavy (non-hydrogen) atoms. The first kappa shape index (κ1) is 17.5. The van der Waals surface area contributed by atoms with E-state index in [4.69, 9.17) is 0 Å². The van der Waals surface area contributed by atoms with Crippen LogP contribution in [0.5, 0.6) is 5.75 Å². The van der Waals surface area contributed by atoms with Gasteiger partial charge in [-0.1, -0.05) is 31.4 Å². The topological polar surface area (TPSA) is 45.1 Å². The van der Waals surface area contributed by atoms with Gasteiger partial charge in [-0.05, 0) is 79.5 Å². The third-order valence-electron chi connectivity index (χ3n) is 6.31. The highest BCUT2D eigenvalue weighted by atomic mass is 16.3. The van der Waals surface area contributed by atoms with Gasteiger partial charge in [0.2, 0.25) is 0 Å². The number of hydrogen-bond donors (Lipinski definition) is 2. The highest BCUT2D eigenvalue weighted by Gasteiger charge is 2.30. The number of nitrogens with one attached hydrogen (secondary N) is 1. The van der Waals surface area contributed by atoms with Gasteiger partial charge in [-0.2, -0.15) is 0 Å². The lowest BCUT2D eigenvalue weighted by atomic mass is 9.76. The highest BCUT2D eigenvalue weighted by Crippen LogP contribution is 2.36. The summed E-state index contributed by atoms with van der Waals surface area (Å²) in [4.78, 5) is 4.30. The first-order valence-electron chi connectivity index (χ1n) is 10.2. The van der Waals surface area contributed by atoms with Crippen molar-refractivity contribution in [3.05, 3.63) is 59.4 Å². The number of pyridine rings is 1. The molecule has 0 radical (unpaired) electrons. The summed E-state index contributed by atoms with van der Waals surface area (Å²) in [7, 11) is 0. The smallest absolute Gasteiger partial charge is 0.115 e. The first-order valence-corrected chi connectivity index (χ1v) is 10.2. The molecular formula is C23H30N2O. The van der Waals surface area contributed by atoms with Crippen LogP contribution in [0.25, 0.3) is 0 Å². The van der Waals surface area contributed by atoms with Crippen molar-refractivity contribution in [2.45, 2.75) is 63.3 Å². The Hall–Kier alpha value is -1.87. The number of aromatic hydroxyl groups is 1. The fraction of sp³-hybridized carbons (Fsp3) is 0.522. The van der Waals surface area contributed by atoms with E-state index in [1.165, 1.54) is 48.8 Å². The van der Waals surface area contributed by atoms with E-state index in [-0.39, 0.29) is 0 Å². The predicted molar refractivity (Wildman–Crippen MR) is 105 cm³/mol. The van der Waals surface area contributed by atoms with Crippen molar-refractivity contribution in [1.29, 1.82) is 0 Å². The number of aryl methyl sites for hydroxylation is 1. The Kier molecular flexibility index (Phi) is 5.54. The Bertz CT molecular complexity index is 709. The van der Waals surface area contributed by atoms with Crippen molar-refractivity contribution in [3.63, 3.8) is 0 Å². The Balaban J connectivity index is 1.52. The van der Waals surface area contributed by atoms with Crippen LogP contribution in [0.2, 0.25) is 0 Å². The lowest BCUT2D eigenvalue weighted by Crippen LogP contribution is -2.41. The van der Waals surface area contributed by atoms with Crippen molar-refractivity contribution in [2.75, 3.05) is 6.54 Å². The number of rotatable bonds is 5. The van der Waals surface area contributed by atoms with Crippen LogP contribution in [0.4, 0.5) is 0 Å². The summed E-state index contributed by atoms with van der Waals surface area (Å²) >= 11 is 0. The fourth-order valence-electron chi connectivity index (χ4n) is 4.88. The summed E-state index contributed by atoms with van der Waals surface area (Å²) in [5, 5.41) is 13.8. The summed E-state index contributed by atoms with van der Waals surface area (Å²) in [5.74, 6) is 1.69. The van der Waals surface area contributed by atoms with Gasteiger partial charge in [0.15, 0.2) is 0 Å². The normalized spacial score (nSPS) is 23.5. The van der Waals surface area contributed by atoms with Crippen molar-refractivity contribution < 1.29 is 5.11 Å². The average molecular weight is 351 g/mol. The average Bonchev–Trinajstić information content (AvgIpc) is 2.69. The number of benzene rings is 1. The van der Waals surface area contributed by atoms with Crippen LogP contribution in [0.1, 0.15) is 61.1 Å². The number of phenolic OH excluding ortho intramolecular Hbond substituents is 1. The largest absolute Gasteiger partial charge is 0.508 e. The molecule has 2 atom stereocenters. The van der Waals surface area contributed by atoms with Gasteiger partial charge in [-0.3, -0.25) is 4.98 Å². The second-order valence-electron chi connectivity index (χ2n) is 8.11. The summed E-state index contributed by atoms with van der Waals surface area (Å²) in [6.07, 6.45) is 14.0. The Morgan fingerprint density at radius 2 is 1.96 bits per heavy atom. The molecule has 0 saturated heterocycles. The molecule has 2 unspecified atom stereocenters. The number of aromatic nitrogens is 1. The van der Waals surface area contributed by atoms with Crippen LogP contribution < -0.4 is 5.32 Å². The molecule has 2 aromatic rings. The van der Waals surface area contributed by atoms with E-state index in [0.717, 1.165) is 31.7 Å². The molecule has 1 heterocycles. The molecule has 1 fully saturated rings. The maximum atomic E-state index is 9.88. The highest BCUT2D eigenvalue weighted by molar-refractivity contribution is 5.40. The molecule has 0 spiro atoms. The first-order chi connectivity index (χ1) is 12.8. The molecule has 0 amide bonds. The van der Waals surface area contributed by atoms with E-state index in [9.17, 15) is 5.11 Å². The molecule has 4 rings (SSSR count). The molecule has 0 bridgehead atoms.